The van der Waals surface area contributed by atoms with Crippen molar-refractivity contribution in [3.8, 4) is 6.07 Å². The lowest BCUT2D eigenvalue weighted by Gasteiger charge is -2.34. The number of likely N-dealkylation sites (tertiary alicyclic amines) is 1. The maximum atomic E-state index is 9.49. The molecule has 1 fully saturated rings. The SMILES string of the molecule is CC1CCCN(C(C#N)c2ccc(N(C)C)cc2)C1. The lowest BCUT2D eigenvalue weighted by atomic mass is 9.96. The molecule has 2 unspecified atom stereocenters. The minimum atomic E-state index is -0.0982. The van der Waals surface area contributed by atoms with Gasteiger partial charge in [-0.15, -0.1) is 0 Å². The molecular weight excluding hydrogens is 234 g/mol. The van der Waals surface area contributed by atoms with Crippen LogP contribution in [-0.2, 0) is 0 Å². The van der Waals surface area contributed by atoms with Crippen molar-refractivity contribution < 1.29 is 0 Å². The van der Waals surface area contributed by atoms with Gasteiger partial charge in [0, 0.05) is 26.3 Å². The van der Waals surface area contributed by atoms with E-state index in [0.29, 0.717) is 5.92 Å². The van der Waals surface area contributed by atoms with Gasteiger partial charge in [-0.05, 0) is 43.0 Å². The lowest BCUT2D eigenvalue weighted by Crippen LogP contribution is -2.36. The zero-order valence-electron chi connectivity index (χ0n) is 12.1. The summed E-state index contributed by atoms with van der Waals surface area (Å²) in [5.41, 5.74) is 2.29. The maximum Gasteiger partial charge on any atom is 0.123 e. The molecule has 19 heavy (non-hydrogen) atoms. The van der Waals surface area contributed by atoms with Crippen LogP contribution in [0.1, 0.15) is 31.4 Å². The first-order chi connectivity index (χ1) is 9.11. The average molecular weight is 257 g/mol. The maximum absolute atomic E-state index is 9.49. The highest BCUT2D eigenvalue weighted by atomic mass is 15.2. The second-order valence-electron chi connectivity index (χ2n) is 5.76. The molecule has 1 aliphatic rings. The van der Waals surface area contributed by atoms with Gasteiger partial charge in [-0.1, -0.05) is 19.1 Å². The molecule has 1 aliphatic heterocycles. The van der Waals surface area contributed by atoms with E-state index in [4.69, 9.17) is 0 Å². The Kier molecular flexibility index (Phi) is 4.44. The van der Waals surface area contributed by atoms with Gasteiger partial charge in [0.1, 0.15) is 6.04 Å². The van der Waals surface area contributed by atoms with Crippen molar-refractivity contribution in [3.05, 3.63) is 29.8 Å². The fraction of sp³-hybridized carbons (Fsp3) is 0.562. The molecule has 0 spiro atoms. The quantitative estimate of drug-likeness (QED) is 0.833. The first-order valence-electron chi connectivity index (χ1n) is 7.02. The van der Waals surface area contributed by atoms with E-state index in [9.17, 15) is 5.26 Å². The van der Waals surface area contributed by atoms with Gasteiger partial charge < -0.3 is 4.90 Å². The molecule has 0 bridgehead atoms. The van der Waals surface area contributed by atoms with Crippen LogP contribution in [0, 0.1) is 17.2 Å². The monoisotopic (exact) mass is 257 g/mol. The van der Waals surface area contributed by atoms with Crippen LogP contribution in [0.3, 0.4) is 0 Å². The fourth-order valence-corrected chi connectivity index (χ4v) is 2.78. The van der Waals surface area contributed by atoms with Crippen LogP contribution in [0.2, 0.25) is 0 Å². The molecule has 1 heterocycles. The molecule has 1 aromatic carbocycles. The Balaban J connectivity index is 2.15. The van der Waals surface area contributed by atoms with Crippen molar-refractivity contribution in [2.24, 2.45) is 5.92 Å². The van der Waals surface area contributed by atoms with Gasteiger partial charge in [-0.3, -0.25) is 4.90 Å². The smallest absolute Gasteiger partial charge is 0.123 e. The van der Waals surface area contributed by atoms with E-state index in [1.165, 1.54) is 18.5 Å². The summed E-state index contributed by atoms with van der Waals surface area (Å²) in [7, 11) is 4.06. The topological polar surface area (TPSA) is 30.3 Å². The van der Waals surface area contributed by atoms with E-state index in [2.05, 4.69) is 47.1 Å². The highest BCUT2D eigenvalue weighted by Crippen LogP contribution is 2.27. The Morgan fingerprint density at radius 2 is 2.00 bits per heavy atom. The van der Waals surface area contributed by atoms with E-state index in [1.54, 1.807) is 0 Å². The third kappa shape index (κ3) is 3.27. The van der Waals surface area contributed by atoms with Crippen LogP contribution >= 0.6 is 0 Å². The Hall–Kier alpha value is -1.53. The van der Waals surface area contributed by atoms with Crippen LogP contribution in [0.25, 0.3) is 0 Å². The standard InChI is InChI=1S/C16H23N3/c1-13-5-4-10-19(12-13)16(11-17)14-6-8-15(9-7-14)18(2)3/h6-9,13,16H,4-5,10,12H2,1-3H3. The molecule has 2 atom stereocenters. The van der Waals surface area contributed by atoms with Gasteiger partial charge in [0.25, 0.3) is 0 Å². The van der Waals surface area contributed by atoms with Crippen molar-refractivity contribution in [3.63, 3.8) is 0 Å². The summed E-state index contributed by atoms with van der Waals surface area (Å²) >= 11 is 0. The normalized spacial score (nSPS) is 21.7. The molecule has 1 saturated heterocycles. The minimum absolute atomic E-state index is 0.0982. The number of nitrogens with zero attached hydrogens (tertiary/aromatic N) is 3. The second kappa shape index (κ2) is 6.08. The first kappa shape index (κ1) is 13.9. The summed E-state index contributed by atoms with van der Waals surface area (Å²) < 4.78 is 0. The van der Waals surface area contributed by atoms with Crippen LogP contribution in [0.4, 0.5) is 5.69 Å². The zero-order chi connectivity index (χ0) is 13.8. The third-order valence-corrected chi connectivity index (χ3v) is 3.90. The Morgan fingerprint density at radius 1 is 1.32 bits per heavy atom. The number of anilines is 1. The molecule has 0 radical (unpaired) electrons. The van der Waals surface area contributed by atoms with Crippen molar-refractivity contribution >= 4 is 5.69 Å². The Labute approximate surface area is 116 Å². The predicted molar refractivity (Wildman–Crippen MR) is 79.1 cm³/mol. The van der Waals surface area contributed by atoms with E-state index >= 15 is 0 Å². The van der Waals surface area contributed by atoms with Gasteiger partial charge in [-0.25, -0.2) is 0 Å². The lowest BCUT2D eigenvalue weighted by molar-refractivity contribution is 0.156. The van der Waals surface area contributed by atoms with Gasteiger partial charge in [0.05, 0.1) is 6.07 Å². The summed E-state index contributed by atoms with van der Waals surface area (Å²) in [5.74, 6) is 0.700. The largest absolute Gasteiger partial charge is 0.378 e. The number of hydrogen-bond acceptors (Lipinski definition) is 3. The Bertz CT molecular complexity index is 444. The van der Waals surface area contributed by atoms with Crippen LogP contribution in [0.5, 0.6) is 0 Å². The third-order valence-electron chi connectivity index (χ3n) is 3.90. The van der Waals surface area contributed by atoms with E-state index < -0.39 is 0 Å². The summed E-state index contributed by atoms with van der Waals surface area (Å²) in [6.45, 7) is 4.35. The van der Waals surface area contributed by atoms with Crippen molar-refractivity contribution in [2.75, 3.05) is 32.1 Å². The van der Waals surface area contributed by atoms with Crippen molar-refractivity contribution in [2.45, 2.75) is 25.8 Å². The van der Waals surface area contributed by atoms with Crippen molar-refractivity contribution in [1.29, 1.82) is 5.26 Å². The molecule has 3 nitrogen and oxygen atoms in total. The van der Waals surface area contributed by atoms with Crippen LogP contribution in [0.15, 0.2) is 24.3 Å². The molecular formula is C16H23N3. The van der Waals surface area contributed by atoms with Gasteiger partial charge >= 0.3 is 0 Å². The molecule has 0 aromatic heterocycles. The molecule has 102 valence electrons. The summed E-state index contributed by atoms with van der Waals surface area (Å²) in [6, 6.07) is 10.7. The van der Waals surface area contributed by atoms with Crippen LogP contribution in [-0.4, -0.2) is 32.1 Å². The van der Waals surface area contributed by atoms with E-state index in [1.807, 2.05) is 14.1 Å². The first-order valence-corrected chi connectivity index (χ1v) is 7.02. The second-order valence-corrected chi connectivity index (χ2v) is 5.76. The van der Waals surface area contributed by atoms with Crippen LogP contribution < -0.4 is 4.90 Å². The molecule has 1 aromatic rings. The van der Waals surface area contributed by atoms with E-state index in [-0.39, 0.29) is 6.04 Å². The molecule has 0 amide bonds. The summed E-state index contributed by atoms with van der Waals surface area (Å²) in [4.78, 5) is 4.40. The van der Waals surface area contributed by atoms with Crippen molar-refractivity contribution in [1.82, 2.24) is 4.90 Å². The van der Waals surface area contributed by atoms with Gasteiger partial charge in [0.15, 0.2) is 0 Å². The Morgan fingerprint density at radius 3 is 2.53 bits per heavy atom. The molecule has 0 N–H and O–H groups in total. The molecule has 0 aliphatic carbocycles. The molecule has 2 rings (SSSR count). The number of nitriles is 1. The molecule has 0 saturated carbocycles. The highest BCUT2D eigenvalue weighted by molar-refractivity contribution is 5.47. The average Bonchev–Trinajstić information content (AvgIpc) is 2.40. The zero-order valence-corrected chi connectivity index (χ0v) is 12.1. The van der Waals surface area contributed by atoms with Gasteiger partial charge in [-0.2, -0.15) is 5.26 Å². The fourth-order valence-electron chi connectivity index (χ4n) is 2.78. The summed E-state index contributed by atoms with van der Waals surface area (Å²) in [5, 5.41) is 9.49. The molecule has 3 heteroatoms. The van der Waals surface area contributed by atoms with Gasteiger partial charge in [0.2, 0.25) is 0 Å². The van der Waals surface area contributed by atoms with E-state index in [0.717, 1.165) is 18.7 Å². The minimum Gasteiger partial charge on any atom is -0.378 e. The summed E-state index contributed by atoms with van der Waals surface area (Å²) in [6.07, 6.45) is 2.49. The number of piperidine rings is 1. The predicted octanol–water partition coefficient (Wildman–Crippen LogP) is 3.05. The number of benzene rings is 1. The number of rotatable bonds is 3. The number of hydrogen-bond donors (Lipinski definition) is 0. The highest BCUT2D eigenvalue weighted by Gasteiger charge is 2.24.